The van der Waals surface area contributed by atoms with Crippen molar-refractivity contribution in [2.75, 3.05) is 16.0 Å². The number of hydrogen-bond acceptors (Lipinski definition) is 8. The molecule has 0 unspecified atom stereocenters. The van der Waals surface area contributed by atoms with Gasteiger partial charge in [-0.1, -0.05) is 64.5 Å². The lowest BCUT2D eigenvalue weighted by atomic mass is 10.1. The summed E-state index contributed by atoms with van der Waals surface area (Å²) < 4.78 is 20.4. The SMILES string of the molecule is Brc1ccccc1-c1cc(NCc2cccnc2)n2ncc(Br)c2n1.O=C1Cc2cc(CNc3cc(-c4ccccc4F)nc4c(Br)cnn34)ccc2N1. The van der Waals surface area contributed by atoms with Gasteiger partial charge < -0.3 is 16.0 Å². The van der Waals surface area contributed by atoms with Crippen molar-refractivity contribution < 1.29 is 9.18 Å². The van der Waals surface area contributed by atoms with E-state index in [1.54, 1.807) is 51.9 Å². The quantitative estimate of drug-likeness (QED) is 0.138. The van der Waals surface area contributed by atoms with Crippen molar-refractivity contribution in [3.05, 3.63) is 152 Å². The van der Waals surface area contributed by atoms with E-state index in [2.05, 4.69) is 83.9 Å². The van der Waals surface area contributed by atoms with E-state index >= 15 is 0 Å². The van der Waals surface area contributed by atoms with Crippen molar-refractivity contribution >= 4 is 82.3 Å². The molecule has 5 aromatic heterocycles. The first-order valence-electron chi connectivity index (χ1n) is 16.7. The number of carbonyl (C=O) groups excluding carboxylic acids is 1. The third-order valence-electron chi connectivity index (χ3n) is 8.62. The van der Waals surface area contributed by atoms with Crippen LogP contribution in [0.3, 0.4) is 0 Å². The number of carbonyl (C=O) groups is 1. The van der Waals surface area contributed by atoms with Crippen molar-refractivity contribution in [3.8, 4) is 22.5 Å². The number of hydrogen-bond donors (Lipinski definition) is 3. The first-order valence-corrected chi connectivity index (χ1v) is 19.1. The van der Waals surface area contributed by atoms with Gasteiger partial charge in [0.15, 0.2) is 11.3 Å². The summed E-state index contributed by atoms with van der Waals surface area (Å²) in [5.74, 6) is 1.23. The van der Waals surface area contributed by atoms with Crippen LogP contribution in [0.15, 0.2) is 129 Å². The Hall–Kier alpha value is -5.51. The molecule has 268 valence electrons. The summed E-state index contributed by atoms with van der Waals surface area (Å²) in [6, 6.07) is 28.2. The van der Waals surface area contributed by atoms with Crippen molar-refractivity contribution in [3.63, 3.8) is 0 Å². The van der Waals surface area contributed by atoms with E-state index in [1.165, 1.54) is 6.07 Å². The average molecular weight is 911 g/mol. The Morgan fingerprint density at radius 2 is 1.31 bits per heavy atom. The molecule has 3 N–H and O–H groups in total. The Morgan fingerprint density at radius 3 is 1.96 bits per heavy atom. The minimum absolute atomic E-state index is 0.0110. The maximum Gasteiger partial charge on any atom is 0.228 e. The zero-order valence-electron chi connectivity index (χ0n) is 28.1. The molecule has 15 heteroatoms. The Labute approximate surface area is 333 Å². The van der Waals surface area contributed by atoms with E-state index in [0.29, 0.717) is 42.2 Å². The Morgan fingerprint density at radius 1 is 0.685 bits per heavy atom. The molecule has 1 aliphatic heterocycles. The zero-order chi connectivity index (χ0) is 37.2. The van der Waals surface area contributed by atoms with Gasteiger partial charge in [-0.05, 0) is 78.9 Å². The third-order valence-corrected chi connectivity index (χ3v) is 10.4. The van der Waals surface area contributed by atoms with Crippen molar-refractivity contribution in [2.45, 2.75) is 19.5 Å². The van der Waals surface area contributed by atoms with Gasteiger partial charge in [0, 0.05) is 58.9 Å². The monoisotopic (exact) mass is 908 g/mol. The van der Waals surface area contributed by atoms with Gasteiger partial charge in [-0.15, -0.1) is 0 Å². The van der Waals surface area contributed by atoms with Crippen LogP contribution in [0, 0.1) is 5.82 Å². The lowest BCUT2D eigenvalue weighted by Gasteiger charge is -2.12. The Kier molecular flexibility index (Phi) is 10.2. The molecule has 0 radical (unpaired) electrons. The number of anilines is 3. The number of halogens is 4. The van der Waals surface area contributed by atoms with Gasteiger partial charge in [0.25, 0.3) is 0 Å². The van der Waals surface area contributed by atoms with E-state index < -0.39 is 0 Å². The van der Waals surface area contributed by atoms with Gasteiger partial charge in [0.05, 0.1) is 39.1 Å². The molecule has 1 aliphatic rings. The highest BCUT2D eigenvalue weighted by atomic mass is 79.9. The average Bonchev–Trinajstić information content (AvgIpc) is 3.88. The van der Waals surface area contributed by atoms with Crippen LogP contribution < -0.4 is 16.0 Å². The molecule has 0 saturated heterocycles. The zero-order valence-corrected chi connectivity index (χ0v) is 32.9. The molecular weight excluding hydrogens is 883 g/mol. The molecular formula is C39H28Br3FN10O. The van der Waals surface area contributed by atoms with E-state index in [9.17, 15) is 9.18 Å². The van der Waals surface area contributed by atoms with E-state index in [4.69, 9.17) is 4.98 Å². The molecule has 9 rings (SSSR count). The molecule has 0 saturated carbocycles. The molecule has 8 aromatic rings. The number of benzene rings is 3. The summed E-state index contributed by atoms with van der Waals surface area (Å²) >= 11 is 10.6. The van der Waals surface area contributed by atoms with Crippen LogP contribution in [-0.2, 0) is 24.3 Å². The lowest BCUT2D eigenvalue weighted by molar-refractivity contribution is -0.115. The van der Waals surface area contributed by atoms with E-state index in [1.807, 2.05) is 66.9 Å². The van der Waals surface area contributed by atoms with Gasteiger partial charge >= 0.3 is 0 Å². The molecule has 0 atom stereocenters. The van der Waals surface area contributed by atoms with Gasteiger partial charge in [0.1, 0.15) is 17.5 Å². The number of aromatic nitrogens is 7. The summed E-state index contributed by atoms with van der Waals surface area (Å²) in [6.07, 6.45) is 7.42. The molecule has 3 aromatic carbocycles. The molecule has 6 heterocycles. The van der Waals surface area contributed by atoms with E-state index in [-0.39, 0.29) is 11.7 Å². The van der Waals surface area contributed by atoms with Crippen LogP contribution >= 0.6 is 47.8 Å². The number of pyridine rings is 1. The third kappa shape index (κ3) is 7.47. The molecule has 0 spiro atoms. The highest BCUT2D eigenvalue weighted by molar-refractivity contribution is 9.11. The van der Waals surface area contributed by atoms with Crippen LogP contribution in [0.1, 0.15) is 16.7 Å². The Bertz CT molecular complexity index is 2670. The summed E-state index contributed by atoms with van der Waals surface area (Å²) in [5, 5.41) is 18.4. The second-order valence-electron chi connectivity index (χ2n) is 12.3. The van der Waals surface area contributed by atoms with Gasteiger partial charge in [-0.3, -0.25) is 9.78 Å². The normalized spacial score (nSPS) is 12.0. The second-order valence-corrected chi connectivity index (χ2v) is 14.8. The van der Waals surface area contributed by atoms with Crippen molar-refractivity contribution in [1.29, 1.82) is 0 Å². The summed E-state index contributed by atoms with van der Waals surface area (Å²) in [7, 11) is 0. The fraction of sp³-hybridized carbons (Fsp3) is 0.0769. The maximum absolute atomic E-state index is 14.3. The number of rotatable bonds is 8. The van der Waals surface area contributed by atoms with Crippen LogP contribution in [0.4, 0.5) is 21.7 Å². The fourth-order valence-electron chi connectivity index (χ4n) is 6.02. The first kappa shape index (κ1) is 35.5. The second kappa shape index (κ2) is 15.5. The topological polar surface area (TPSA) is 126 Å². The fourth-order valence-corrected chi connectivity index (χ4v) is 7.20. The van der Waals surface area contributed by atoms with Crippen molar-refractivity contribution in [1.82, 2.24) is 34.2 Å². The predicted molar refractivity (Wildman–Crippen MR) is 218 cm³/mol. The number of amides is 1. The molecule has 0 bridgehead atoms. The highest BCUT2D eigenvalue weighted by Crippen LogP contribution is 2.31. The molecule has 0 aliphatic carbocycles. The first-order chi connectivity index (χ1) is 26.3. The predicted octanol–water partition coefficient (Wildman–Crippen LogP) is 9.33. The summed E-state index contributed by atoms with van der Waals surface area (Å²) in [6.45, 7) is 1.18. The van der Waals surface area contributed by atoms with Gasteiger partial charge in [-0.25, -0.2) is 14.4 Å². The number of fused-ring (bicyclic) bond motifs is 3. The number of nitrogens with zero attached hydrogens (tertiary/aromatic N) is 7. The van der Waals surface area contributed by atoms with Crippen LogP contribution in [-0.4, -0.2) is 40.1 Å². The van der Waals surface area contributed by atoms with Crippen LogP contribution in [0.25, 0.3) is 33.8 Å². The highest BCUT2D eigenvalue weighted by Gasteiger charge is 2.18. The van der Waals surface area contributed by atoms with Crippen LogP contribution in [0.5, 0.6) is 0 Å². The smallest absolute Gasteiger partial charge is 0.228 e. The van der Waals surface area contributed by atoms with Crippen LogP contribution in [0.2, 0.25) is 0 Å². The van der Waals surface area contributed by atoms with Gasteiger partial charge in [0.2, 0.25) is 5.91 Å². The number of nitrogens with one attached hydrogen (secondary N) is 3. The summed E-state index contributed by atoms with van der Waals surface area (Å²) in [4.78, 5) is 25.0. The molecule has 0 fully saturated rings. The standard InChI is InChI=1S/C21H15BrFN5O.C18H13Br2N5/c22-15-11-25-28-19(9-18(27-21(15)28)14-3-1-2-4-16(14)23)24-10-12-5-6-17-13(7-12)8-20(29)26-17;19-14-6-2-1-5-13(14)16-8-17(22-10-12-4-3-7-21-9-12)25-18(24-16)15(20)11-23-25/h1-7,9,11,24H,8,10H2,(H,26,29);1-9,11,22H,10H2. The minimum Gasteiger partial charge on any atom is -0.366 e. The Balaban J connectivity index is 0.000000155. The molecule has 1 amide bonds. The maximum atomic E-state index is 14.3. The van der Waals surface area contributed by atoms with Gasteiger partial charge in [-0.2, -0.15) is 19.2 Å². The summed E-state index contributed by atoms with van der Waals surface area (Å²) in [5.41, 5.74) is 8.18. The van der Waals surface area contributed by atoms with Crippen molar-refractivity contribution in [2.24, 2.45) is 0 Å². The molecule has 54 heavy (non-hydrogen) atoms. The van der Waals surface area contributed by atoms with E-state index in [0.717, 1.165) is 58.5 Å². The molecule has 11 nitrogen and oxygen atoms in total. The largest absolute Gasteiger partial charge is 0.366 e. The lowest BCUT2D eigenvalue weighted by Crippen LogP contribution is -2.07. The minimum atomic E-state index is -0.332.